The van der Waals surface area contributed by atoms with Crippen LogP contribution in [0.5, 0.6) is 5.75 Å². The molecule has 0 saturated heterocycles. The largest absolute Gasteiger partial charge is 0.611 e. The first-order valence-corrected chi connectivity index (χ1v) is 12.1. The van der Waals surface area contributed by atoms with E-state index in [1.165, 1.54) is 9.09 Å². The van der Waals surface area contributed by atoms with Crippen molar-refractivity contribution in [1.82, 2.24) is 5.32 Å². The SMILES string of the molecule is C=C(NCC[S+]([O-])c1ccc(OC)cc1)c1cccc(Sc2ccc(CN)s2)c1. The molecule has 1 unspecified atom stereocenters. The summed E-state index contributed by atoms with van der Waals surface area (Å²) in [5, 5.41) is 3.29. The van der Waals surface area contributed by atoms with Gasteiger partial charge in [0.05, 0.1) is 17.9 Å². The third kappa shape index (κ3) is 6.29. The molecule has 0 bridgehead atoms. The van der Waals surface area contributed by atoms with Crippen molar-refractivity contribution >= 4 is 40.0 Å². The van der Waals surface area contributed by atoms with Crippen LogP contribution in [0.3, 0.4) is 0 Å². The Balaban J connectivity index is 1.52. The normalized spacial score (nSPS) is 11.8. The Hall–Kier alpha value is -1.90. The summed E-state index contributed by atoms with van der Waals surface area (Å²) in [4.78, 5) is 3.13. The fourth-order valence-corrected chi connectivity index (χ4v) is 5.68. The van der Waals surface area contributed by atoms with E-state index in [1.54, 1.807) is 30.2 Å². The van der Waals surface area contributed by atoms with Gasteiger partial charge in [-0.1, -0.05) is 30.5 Å². The number of hydrogen-bond donors (Lipinski definition) is 2. The van der Waals surface area contributed by atoms with Crippen LogP contribution in [0.1, 0.15) is 10.4 Å². The number of thiophene rings is 1. The smallest absolute Gasteiger partial charge is 0.153 e. The van der Waals surface area contributed by atoms with Crippen molar-refractivity contribution in [3.05, 3.63) is 77.7 Å². The average Bonchev–Trinajstić information content (AvgIpc) is 3.21. The molecule has 1 heterocycles. The van der Waals surface area contributed by atoms with Gasteiger partial charge in [0, 0.05) is 22.0 Å². The van der Waals surface area contributed by atoms with Crippen molar-refractivity contribution in [3.63, 3.8) is 0 Å². The van der Waals surface area contributed by atoms with Crippen molar-refractivity contribution in [3.8, 4) is 5.75 Å². The predicted molar refractivity (Wildman–Crippen MR) is 124 cm³/mol. The molecule has 2 aromatic carbocycles. The van der Waals surface area contributed by atoms with Crippen LogP contribution < -0.4 is 15.8 Å². The maximum atomic E-state index is 12.4. The Morgan fingerprint density at radius 2 is 2.00 bits per heavy atom. The van der Waals surface area contributed by atoms with Crippen LogP contribution in [-0.2, 0) is 17.7 Å². The van der Waals surface area contributed by atoms with Gasteiger partial charge in [-0.15, -0.1) is 11.3 Å². The molecule has 3 aromatic rings. The number of nitrogens with one attached hydrogen (secondary N) is 1. The molecule has 0 fully saturated rings. The van der Waals surface area contributed by atoms with Gasteiger partial charge in [0.25, 0.3) is 0 Å². The minimum absolute atomic E-state index is 0.511. The second-order valence-corrected chi connectivity index (χ2v) is 10.3. The lowest BCUT2D eigenvalue weighted by atomic mass is 10.2. The number of nitrogens with two attached hydrogens (primary N) is 1. The second kappa shape index (κ2) is 10.8. The Labute approximate surface area is 183 Å². The van der Waals surface area contributed by atoms with Crippen LogP contribution >= 0.6 is 23.1 Å². The van der Waals surface area contributed by atoms with E-state index < -0.39 is 11.2 Å². The zero-order chi connectivity index (χ0) is 20.6. The van der Waals surface area contributed by atoms with Crippen LogP contribution in [0.25, 0.3) is 5.70 Å². The molecule has 152 valence electrons. The first-order valence-electron chi connectivity index (χ1n) is 9.11. The van der Waals surface area contributed by atoms with Gasteiger partial charge >= 0.3 is 0 Å². The van der Waals surface area contributed by atoms with E-state index in [9.17, 15) is 4.55 Å². The van der Waals surface area contributed by atoms with Gasteiger partial charge in [-0.3, -0.25) is 0 Å². The second-order valence-electron chi connectivity index (χ2n) is 6.19. The molecule has 1 atom stereocenters. The third-order valence-electron chi connectivity index (χ3n) is 4.19. The minimum Gasteiger partial charge on any atom is -0.611 e. The van der Waals surface area contributed by atoms with E-state index in [1.807, 2.05) is 36.4 Å². The summed E-state index contributed by atoms with van der Waals surface area (Å²) in [6.07, 6.45) is 0. The molecule has 3 N–H and O–H groups in total. The van der Waals surface area contributed by atoms with Crippen molar-refractivity contribution in [2.24, 2.45) is 5.73 Å². The summed E-state index contributed by atoms with van der Waals surface area (Å²) in [6.45, 7) is 5.29. The number of rotatable bonds is 10. The molecule has 1 aromatic heterocycles. The Morgan fingerprint density at radius 3 is 2.69 bits per heavy atom. The van der Waals surface area contributed by atoms with Gasteiger partial charge in [0.15, 0.2) is 4.90 Å². The Bertz CT molecular complexity index is 941. The van der Waals surface area contributed by atoms with Crippen LogP contribution in [0, 0.1) is 0 Å². The minimum atomic E-state index is -1.07. The number of methoxy groups -OCH3 is 1. The van der Waals surface area contributed by atoms with Crippen molar-refractivity contribution in [1.29, 1.82) is 0 Å². The van der Waals surface area contributed by atoms with E-state index in [-0.39, 0.29) is 0 Å². The molecular weight excluding hydrogens is 420 g/mol. The quantitative estimate of drug-likeness (QED) is 0.442. The molecule has 29 heavy (non-hydrogen) atoms. The topological polar surface area (TPSA) is 70.3 Å². The van der Waals surface area contributed by atoms with Gasteiger partial charge < -0.3 is 20.3 Å². The summed E-state index contributed by atoms with van der Waals surface area (Å²) >= 11 is 2.37. The maximum Gasteiger partial charge on any atom is 0.153 e. The van der Waals surface area contributed by atoms with Crippen LogP contribution in [0.4, 0.5) is 0 Å². The summed E-state index contributed by atoms with van der Waals surface area (Å²) in [7, 11) is 1.62. The number of hydrogen-bond acceptors (Lipinski definition) is 6. The zero-order valence-electron chi connectivity index (χ0n) is 16.2. The molecule has 0 radical (unpaired) electrons. The summed E-state index contributed by atoms with van der Waals surface area (Å²) in [5.41, 5.74) is 7.55. The van der Waals surface area contributed by atoms with Crippen LogP contribution in [-0.4, -0.2) is 24.0 Å². The molecule has 4 nitrogen and oxygen atoms in total. The highest BCUT2D eigenvalue weighted by Crippen LogP contribution is 2.34. The van der Waals surface area contributed by atoms with E-state index >= 15 is 0 Å². The van der Waals surface area contributed by atoms with E-state index in [2.05, 4.69) is 36.2 Å². The summed E-state index contributed by atoms with van der Waals surface area (Å²) in [6, 6.07) is 19.8. The Kier molecular flexibility index (Phi) is 8.09. The zero-order valence-corrected chi connectivity index (χ0v) is 18.7. The summed E-state index contributed by atoms with van der Waals surface area (Å²) in [5.74, 6) is 1.27. The van der Waals surface area contributed by atoms with Crippen LogP contribution in [0.2, 0.25) is 0 Å². The first-order chi connectivity index (χ1) is 14.1. The molecule has 3 rings (SSSR count). The third-order valence-corrected chi connectivity index (χ3v) is 7.79. The molecule has 7 heteroatoms. The number of benzene rings is 2. The lowest BCUT2D eigenvalue weighted by molar-refractivity contribution is 0.414. The van der Waals surface area contributed by atoms with Crippen molar-refractivity contribution < 1.29 is 9.29 Å². The van der Waals surface area contributed by atoms with Gasteiger partial charge in [-0.05, 0) is 65.3 Å². The number of ether oxygens (including phenoxy) is 1. The average molecular weight is 445 g/mol. The van der Waals surface area contributed by atoms with E-state index in [0.717, 1.165) is 26.8 Å². The van der Waals surface area contributed by atoms with E-state index in [0.29, 0.717) is 18.8 Å². The molecule has 0 amide bonds. The highest BCUT2D eigenvalue weighted by atomic mass is 32.2. The molecule has 0 saturated carbocycles. The molecule has 0 aliphatic carbocycles. The molecule has 0 aliphatic heterocycles. The predicted octanol–water partition coefficient (Wildman–Crippen LogP) is 4.73. The molecule has 0 aliphatic rings. The summed E-state index contributed by atoms with van der Waals surface area (Å²) < 4.78 is 18.8. The highest BCUT2D eigenvalue weighted by molar-refractivity contribution is 8.01. The fourth-order valence-electron chi connectivity index (χ4n) is 2.63. The van der Waals surface area contributed by atoms with Crippen molar-refractivity contribution in [2.75, 3.05) is 19.4 Å². The van der Waals surface area contributed by atoms with E-state index in [4.69, 9.17) is 10.5 Å². The first kappa shape index (κ1) is 21.8. The fraction of sp³-hybridized carbons (Fsp3) is 0.182. The molecule has 0 spiro atoms. The highest BCUT2D eigenvalue weighted by Gasteiger charge is 2.11. The van der Waals surface area contributed by atoms with Crippen LogP contribution in [0.15, 0.2) is 81.2 Å². The lowest BCUT2D eigenvalue weighted by Gasteiger charge is -2.14. The Morgan fingerprint density at radius 1 is 1.21 bits per heavy atom. The van der Waals surface area contributed by atoms with Gasteiger partial charge in [-0.2, -0.15) is 0 Å². The maximum absolute atomic E-state index is 12.4. The standard InChI is InChI=1S/C22H24N2O2S3/c1-16(24-12-13-29(25)21-9-6-18(26-2)7-10-21)17-4-3-5-19(14-17)27-22-11-8-20(15-23)28-22/h3-11,14,24H,1,12-13,15,23H2,2H3. The molecular formula is C22H24N2O2S3. The van der Waals surface area contributed by atoms with Gasteiger partial charge in [0.2, 0.25) is 0 Å². The van der Waals surface area contributed by atoms with Crippen molar-refractivity contribution in [2.45, 2.75) is 20.5 Å². The van der Waals surface area contributed by atoms with Gasteiger partial charge in [-0.25, -0.2) is 0 Å². The monoisotopic (exact) mass is 444 g/mol. The lowest BCUT2D eigenvalue weighted by Crippen LogP contribution is -2.21. The van der Waals surface area contributed by atoms with Gasteiger partial charge in [0.1, 0.15) is 11.5 Å².